The van der Waals surface area contributed by atoms with Crippen LogP contribution >= 0.6 is 12.4 Å². The van der Waals surface area contributed by atoms with E-state index in [9.17, 15) is 9.59 Å². The highest BCUT2D eigenvalue weighted by molar-refractivity contribution is 6.02. The highest BCUT2D eigenvalue weighted by atomic mass is 35.5. The van der Waals surface area contributed by atoms with Crippen LogP contribution in [0, 0.1) is 6.92 Å². The summed E-state index contributed by atoms with van der Waals surface area (Å²) >= 11 is 0. The lowest BCUT2D eigenvalue weighted by atomic mass is 10.1. The fourth-order valence-corrected chi connectivity index (χ4v) is 3.00. The number of aryl methyl sites for hydroxylation is 1. The summed E-state index contributed by atoms with van der Waals surface area (Å²) in [6, 6.07) is 14.5. The van der Waals surface area contributed by atoms with Crippen LogP contribution in [0.5, 0.6) is 0 Å². The number of anilines is 2. The molecule has 0 saturated carbocycles. The lowest BCUT2D eigenvalue weighted by molar-refractivity contribution is 0.0656. The van der Waals surface area contributed by atoms with Crippen LogP contribution in [0.3, 0.4) is 0 Å². The number of urea groups is 1. The van der Waals surface area contributed by atoms with E-state index in [4.69, 9.17) is 0 Å². The van der Waals surface area contributed by atoms with Crippen LogP contribution < -0.4 is 16.0 Å². The Morgan fingerprint density at radius 1 is 1.11 bits per heavy atom. The van der Waals surface area contributed by atoms with E-state index in [1.54, 1.807) is 6.07 Å². The number of rotatable bonds is 3. The standard InChI is InChI=1S/C20H24N4O2.ClH/c1-14-8-9-16(19(25)24-11-10-21-13-15(24)2)12-18(14)23-20(26)22-17-6-4-3-5-7-17;/h3-9,12,15,21H,10-11,13H2,1-2H3,(H2,22,23,26);1H/t15-;/m0./s1. The molecule has 1 saturated heterocycles. The number of nitrogens with one attached hydrogen (secondary N) is 3. The number of benzene rings is 2. The Hall–Kier alpha value is -2.57. The van der Waals surface area contributed by atoms with Crippen molar-refractivity contribution in [3.8, 4) is 0 Å². The van der Waals surface area contributed by atoms with Gasteiger partial charge < -0.3 is 20.9 Å². The van der Waals surface area contributed by atoms with Crippen molar-refractivity contribution in [1.29, 1.82) is 0 Å². The minimum atomic E-state index is -0.334. The summed E-state index contributed by atoms with van der Waals surface area (Å²) in [6.45, 7) is 6.21. The number of para-hydroxylation sites is 1. The van der Waals surface area contributed by atoms with Crippen LogP contribution in [0.1, 0.15) is 22.8 Å². The third kappa shape index (κ3) is 5.21. The van der Waals surface area contributed by atoms with Crippen LogP contribution in [0.15, 0.2) is 48.5 Å². The Morgan fingerprint density at radius 3 is 2.56 bits per heavy atom. The van der Waals surface area contributed by atoms with Crippen molar-refractivity contribution >= 4 is 35.7 Å². The van der Waals surface area contributed by atoms with E-state index >= 15 is 0 Å². The number of piperazine rings is 1. The monoisotopic (exact) mass is 388 g/mol. The summed E-state index contributed by atoms with van der Waals surface area (Å²) in [5, 5.41) is 8.90. The first-order valence-corrected chi connectivity index (χ1v) is 8.80. The number of hydrogen-bond acceptors (Lipinski definition) is 3. The van der Waals surface area contributed by atoms with Crippen molar-refractivity contribution in [3.05, 3.63) is 59.7 Å². The van der Waals surface area contributed by atoms with Crippen molar-refractivity contribution in [2.75, 3.05) is 30.3 Å². The molecule has 6 nitrogen and oxygen atoms in total. The van der Waals surface area contributed by atoms with Gasteiger partial charge in [-0.05, 0) is 43.7 Å². The van der Waals surface area contributed by atoms with Gasteiger partial charge in [-0.2, -0.15) is 0 Å². The Labute approximate surface area is 165 Å². The molecule has 0 unspecified atom stereocenters. The molecule has 1 fully saturated rings. The molecule has 0 spiro atoms. The van der Waals surface area contributed by atoms with E-state index in [2.05, 4.69) is 16.0 Å². The molecule has 1 aliphatic heterocycles. The van der Waals surface area contributed by atoms with Gasteiger partial charge in [-0.25, -0.2) is 4.79 Å². The molecule has 3 amide bonds. The van der Waals surface area contributed by atoms with E-state index < -0.39 is 0 Å². The summed E-state index contributed by atoms with van der Waals surface area (Å²) in [4.78, 5) is 26.9. The Balaban J connectivity index is 0.00000261. The van der Waals surface area contributed by atoms with Crippen molar-refractivity contribution in [2.45, 2.75) is 19.9 Å². The van der Waals surface area contributed by atoms with Gasteiger partial charge in [-0.3, -0.25) is 4.79 Å². The molecule has 3 rings (SSSR count). The van der Waals surface area contributed by atoms with E-state index in [0.717, 1.165) is 18.7 Å². The second-order valence-electron chi connectivity index (χ2n) is 6.53. The third-order valence-corrected chi connectivity index (χ3v) is 4.53. The van der Waals surface area contributed by atoms with Gasteiger partial charge in [0.25, 0.3) is 5.91 Å². The van der Waals surface area contributed by atoms with Crippen LogP contribution in [0.4, 0.5) is 16.2 Å². The molecule has 27 heavy (non-hydrogen) atoms. The van der Waals surface area contributed by atoms with Crippen LogP contribution in [-0.4, -0.2) is 42.5 Å². The molecule has 144 valence electrons. The zero-order valence-electron chi connectivity index (χ0n) is 15.5. The predicted octanol–water partition coefficient (Wildman–Crippen LogP) is 3.49. The fourth-order valence-electron chi connectivity index (χ4n) is 3.00. The average Bonchev–Trinajstić information content (AvgIpc) is 2.64. The molecular weight excluding hydrogens is 364 g/mol. The first-order valence-electron chi connectivity index (χ1n) is 8.80. The van der Waals surface area contributed by atoms with Gasteiger partial charge in [-0.15, -0.1) is 12.4 Å². The Kier molecular flexibility index (Phi) is 7.21. The zero-order chi connectivity index (χ0) is 18.5. The van der Waals surface area contributed by atoms with E-state index in [-0.39, 0.29) is 30.4 Å². The topological polar surface area (TPSA) is 73.5 Å². The second-order valence-corrected chi connectivity index (χ2v) is 6.53. The van der Waals surface area contributed by atoms with Crippen molar-refractivity contribution in [3.63, 3.8) is 0 Å². The maximum atomic E-state index is 12.8. The maximum absolute atomic E-state index is 12.8. The van der Waals surface area contributed by atoms with Crippen LogP contribution in [0.2, 0.25) is 0 Å². The SMILES string of the molecule is Cc1ccc(C(=O)N2CCNC[C@@H]2C)cc1NC(=O)Nc1ccccc1.Cl. The molecule has 2 aromatic carbocycles. The lowest BCUT2D eigenvalue weighted by Crippen LogP contribution is -2.52. The molecule has 7 heteroatoms. The van der Waals surface area contributed by atoms with Crippen LogP contribution in [0.25, 0.3) is 0 Å². The smallest absolute Gasteiger partial charge is 0.323 e. The summed E-state index contributed by atoms with van der Waals surface area (Å²) in [6.07, 6.45) is 0. The minimum Gasteiger partial charge on any atom is -0.333 e. The molecule has 0 aliphatic carbocycles. The molecular formula is C20H25ClN4O2. The van der Waals surface area contributed by atoms with Crippen molar-refractivity contribution in [1.82, 2.24) is 10.2 Å². The molecule has 1 aliphatic rings. The molecule has 1 atom stereocenters. The normalized spacial score (nSPS) is 16.2. The summed E-state index contributed by atoms with van der Waals surface area (Å²) < 4.78 is 0. The molecule has 0 aromatic heterocycles. The highest BCUT2D eigenvalue weighted by Gasteiger charge is 2.24. The Bertz CT molecular complexity index is 798. The fraction of sp³-hybridized carbons (Fsp3) is 0.300. The van der Waals surface area contributed by atoms with E-state index in [1.165, 1.54) is 0 Å². The third-order valence-electron chi connectivity index (χ3n) is 4.53. The molecule has 3 N–H and O–H groups in total. The first kappa shape index (κ1) is 20.7. The van der Waals surface area contributed by atoms with E-state index in [1.807, 2.05) is 61.2 Å². The van der Waals surface area contributed by atoms with E-state index in [0.29, 0.717) is 23.5 Å². The number of halogens is 1. The minimum absolute atomic E-state index is 0. The van der Waals surface area contributed by atoms with Crippen molar-refractivity contribution < 1.29 is 9.59 Å². The predicted molar refractivity (Wildman–Crippen MR) is 111 cm³/mol. The number of carbonyl (C=O) groups is 2. The molecule has 0 bridgehead atoms. The first-order chi connectivity index (χ1) is 12.5. The maximum Gasteiger partial charge on any atom is 0.323 e. The highest BCUT2D eigenvalue weighted by Crippen LogP contribution is 2.20. The van der Waals surface area contributed by atoms with Gasteiger partial charge in [0.05, 0.1) is 0 Å². The van der Waals surface area contributed by atoms with Crippen LogP contribution in [-0.2, 0) is 0 Å². The molecule has 2 aromatic rings. The number of carbonyl (C=O) groups excluding carboxylic acids is 2. The number of hydrogen-bond donors (Lipinski definition) is 3. The summed E-state index contributed by atoms with van der Waals surface area (Å²) in [7, 11) is 0. The van der Waals surface area contributed by atoms with Gasteiger partial charge in [0.1, 0.15) is 0 Å². The molecule has 0 radical (unpaired) electrons. The van der Waals surface area contributed by atoms with Gasteiger partial charge in [-0.1, -0.05) is 24.3 Å². The summed E-state index contributed by atoms with van der Waals surface area (Å²) in [5.41, 5.74) is 2.83. The molecule has 1 heterocycles. The van der Waals surface area contributed by atoms with Gasteiger partial charge in [0, 0.05) is 42.6 Å². The zero-order valence-corrected chi connectivity index (χ0v) is 16.3. The van der Waals surface area contributed by atoms with Crippen molar-refractivity contribution in [2.24, 2.45) is 0 Å². The average molecular weight is 389 g/mol. The van der Waals surface area contributed by atoms with Gasteiger partial charge in [0.2, 0.25) is 0 Å². The van der Waals surface area contributed by atoms with Gasteiger partial charge in [0.15, 0.2) is 0 Å². The second kappa shape index (κ2) is 9.39. The largest absolute Gasteiger partial charge is 0.333 e. The lowest BCUT2D eigenvalue weighted by Gasteiger charge is -2.34. The summed E-state index contributed by atoms with van der Waals surface area (Å²) in [5.74, 6) is -0.00878. The Morgan fingerprint density at radius 2 is 1.85 bits per heavy atom. The number of nitrogens with zero attached hydrogens (tertiary/aromatic N) is 1. The van der Waals surface area contributed by atoms with Gasteiger partial charge >= 0.3 is 6.03 Å². The number of amides is 3. The quantitative estimate of drug-likeness (QED) is 0.753.